The summed E-state index contributed by atoms with van der Waals surface area (Å²) in [5.41, 5.74) is 0.470. The van der Waals surface area contributed by atoms with E-state index in [1.54, 1.807) is 6.07 Å². The summed E-state index contributed by atoms with van der Waals surface area (Å²) < 4.78 is 0. The zero-order chi connectivity index (χ0) is 13.4. The van der Waals surface area contributed by atoms with Gasteiger partial charge in [0, 0.05) is 12.7 Å². The third-order valence-electron chi connectivity index (χ3n) is 4.47. The van der Waals surface area contributed by atoms with Crippen LogP contribution in [0.4, 0.5) is 0 Å². The molecule has 1 aromatic heterocycles. The molecular formula is C14H16Cl2N2O. The van der Waals surface area contributed by atoms with Gasteiger partial charge in [-0.05, 0) is 43.1 Å². The van der Waals surface area contributed by atoms with Gasteiger partial charge in [0.25, 0.3) is 5.91 Å². The van der Waals surface area contributed by atoms with Crippen molar-refractivity contribution in [3.8, 4) is 0 Å². The lowest BCUT2D eigenvalue weighted by molar-refractivity contribution is 0.0941. The molecule has 1 amide bonds. The van der Waals surface area contributed by atoms with Gasteiger partial charge in [-0.1, -0.05) is 29.6 Å². The maximum absolute atomic E-state index is 12.0. The number of amides is 1. The normalized spacial score (nSPS) is 28.6. The Morgan fingerprint density at radius 2 is 2.21 bits per heavy atom. The van der Waals surface area contributed by atoms with Crippen molar-refractivity contribution in [1.82, 2.24) is 10.3 Å². The number of fused-ring (bicyclic) bond motifs is 2. The Labute approximate surface area is 122 Å². The molecule has 0 saturated heterocycles. The largest absolute Gasteiger partial charge is 0.352 e. The molecule has 3 nitrogen and oxygen atoms in total. The number of hydrogen-bond acceptors (Lipinski definition) is 2. The van der Waals surface area contributed by atoms with Crippen LogP contribution in [0.1, 0.15) is 36.0 Å². The number of nitrogens with zero attached hydrogens (tertiary/aromatic N) is 1. The summed E-state index contributed by atoms with van der Waals surface area (Å²) in [6, 6.07) is 1.56. The van der Waals surface area contributed by atoms with E-state index in [9.17, 15) is 4.79 Å². The number of carbonyl (C=O) groups is 1. The van der Waals surface area contributed by atoms with E-state index < -0.39 is 0 Å². The zero-order valence-corrected chi connectivity index (χ0v) is 12.0. The Bertz CT molecular complexity index is 506. The number of nitrogens with one attached hydrogen (secondary N) is 1. The van der Waals surface area contributed by atoms with Crippen molar-refractivity contribution in [1.29, 1.82) is 0 Å². The highest BCUT2D eigenvalue weighted by Gasteiger charge is 2.39. The third-order valence-corrected chi connectivity index (χ3v) is 5.15. The van der Waals surface area contributed by atoms with Crippen molar-refractivity contribution in [2.75, 3.05) is 6.54 Å². The SMILES string of the molecule is O=C(NCC1CC2CCC1C2)c1cnc(Cl)c(Cl)c1. The first-order valence-electron chi connectivity index (χ1n) is 6.72. The van der Waals surface area contributed by atoms with E-state index in [0.717, 1.165) is 18.4 Å². The van der Waals surface area contributed by atoms with Gasteiger partial charge in [-0.3, -0.25) is 4.79 Å². The van der Waals surface area contributed by atoms with Crippen molar-refractivity contribution in [2.45, 2.75) is 25.7 Å². The van der Waals surface area contributed by atoms with Gasteiger partial charge in [-0.15, -0.1) is 0 Å². The second kappa shape index (κ2) is 5.29. The summed E-state index contributed by atoms with van der Waals surface area (Å²) in [6.45, 7) is 0.764. The maximum Gasteiger partial charge on any atom is 0.252 e. The van der Waals surface area contributed by atoms with Gasteiger partial charge in [-0.25, -0.2) is 4.98 Å². The smallest absolute Gasteiger partial charge is 0.252 e. The first-order valence-corrected chi connectivity index (χ1v) is 7.48. The summed E-state index contributed by atoms with van der Waals surface area (Å²) in [7, 11) is 0. The van der Waals surface area contributed by atoms with Crippen molar-refractivity contribution in [2.24, 2.45) is 17.8 Å². The summed E-state index contributed by atoms with van der Waals surface area (Å²) in [5.74, 6) is 2.25. The summed E-state index contributed by atoms with van der Waals surface area (Å²) in [5, 5.41) is 3.53. The monoisotopic (exact) mass is 298 g/mol. The van der Waals surface area contributed by atoms with Crippen LogP contribution in [0.3, 0.4) is 0 Å². The molecule has 1 heterocycles. The number of carbonyl (C=O) groups excluding carboxylic acids is 1. The van der Waals surface area contributed by atoms with E-state index in [0.29, 0.717) is 16.5 Å². The highest BCUT2D eigenvalue weighted by Crippen LogP contribution is 2.47. The summed E-state index contributed by atoms with van der Waals surface area (Å²) in [6.07, 6.45) is 6.80. The third kappa shape index (κ3) is 2.72. The lowest BCUT2D eigenvalue weighted by Gasteiger charge is -2.21. The lowest BCUT2D eigenvalue weighted by Crippen LogP contribution is -2.31. The van der Waals surface area contributed by atoms with Crippen LogP contribution in [0.15, 0.2) is 12.3 Å². The zero-order valence-electron chi connectivity index (χ0n) is 10.5. The van der Waals surface area contributed by atoms with Gasteiger partial charge in [0.15, 0.2) is 0 Å². The van der Waals surface area contributed by atoms with Crippen LogP contribution < -0.4 is 5.32 Å². The molecule has 102 valence electrons. The molecular weight excluding hydrogens is 283 g/mol. The lowest BCUT2D eigenvalue weighted by atomic mass is 9.89. The van der Waals surface area contributed by atoms with E-state index >= 15 is 0 Å². The molecule has 0 radical (unpaired) electrons. The van der Waals surface area contributed by atoms with E-state index in [1.165, 1.54) is 31.9 Å². The fourth-order valence-electron chi connectivity index (χ4n) is 3.50. The fraction of sp³-hybridized carbons (Fsp3) is 0.571. The van der Waals surface area contributed by atoms with Crippen molar-refractivity contribution in [3.63, 3.8) is 0 Å². The van der Waals surface area contributed by atoms with E-state index in [1.807, 2.05) is 0 Å². The molecule has 2 aliphatic rings. The molecule has 3 atom stereocenters. The van der Waals surface area contributed by atoms with Crippen molar-refractivity contribution >= 4 is 29.1 Å². The molecule has 1 N–H and O–H groups in total. The minimum atomic E-state index is -0.117. The fourth-order valence-corrected chi connectivity index (χ4v) is 3.77. The van der Waals surface area contributed by atoms with Crippen LogP contribution in [-0.2, 0) is 0 Å². The van der Waals surface area contributed by atoms with E-state index in [2.05, 4.69) is 10.3 Å². The van der Waals surface area contributed by atoms with Gasteiger partial charge >= 0.3 is 0 Å². The topological polar surface area (TPSA) is 42.0 Å². The number of halogens is 2. The average Bonchev–Trinajstić information content (AvgIpc) is 3.01. The van der Waals surface area contributed by atoms with Gasteiger partial charge < -0.3 is 5.32 Å². The number of rotatable bonds is 3. The van der Waals surface area contributed by atoms with Gasteiger partial charge in [0.2, 0.25) is 0 Å². The average molecular weight is 299 g/mol. The highest BCUT2D eigenvalue weighted by molar-refractivity contribution is 6.41. The van der Waals surface area contributed by atoms with Gasteiger partial charge in [-0.2, -0.15) is 0 Å². The predicted octanol–water partition coefficient (Wildman–Crippen LogP) is 3.55. The molecule has 2 saturated carbocycles. The van der Waals surface area contributed by atoms with Crippen LogP contribution >= 0.6 is 23.2 Å². The van der Waals surface area contributed by atoms with Gasteiger partial charge in [0.1, 0.15) is 5.15 Å². The Morgan fingerprint density at radius 1 is 1.37 bits per heavy atom. The molecule has 2 aliphatic carbocycles. The first kappa shape index (κ1) is 13.2. The Morgan fingerprint density at radius 3 is 2.84 bits per heavy atom. The molecule has 2 fully saturated rings. The summed E-state index contributed by atoms with van der Waals surface area (Å²) >= 11 is 11.6. The molecule has 0 aromatic carbocycles. The Kier molecular flexibility index (Phi) is 3.68. The molecule has 2 bridgehead atoms. The predicted molar refractivity (Wildman–Crippen MR) is 75.5 cm³/mol. The minimum absolute atomic E-state index is 0.117. The second-order valence-electron chi connectivity index (χ2n) is 5.64. The first-order chi connectivity index (χ1) is 9.13. The van der Waals surface area contributed by atoms with Crippen molar-refractivity contribution < 1.29 is 4.79 Å². The van der Waals surface area contributed by atoms with Crippen LogP contribution in [-0.4, -0.2) is 17.4 Å². The Balaban J connectivity index is 1.57. The van der Waals surface area contributed by atoms with E-state index in [-0.39, 0.29) is 11.1 Å². The standard InChI is InChI=1S/C14H16Cl2N2O/c15-12-5-11(7-17-13(12)16)14(19)18-6-10-4-8-1-2-9(10)3-8/h5,7-10H,1-4,6H2,(H,18,19). The van der Waals surface area contributed by atoms with Crippen LogP contribution in [0.5, 0.6) is 0 Å². The molecule has 5 heteroatoms. The number of hydrogen-bond donors (Lipinski definition) is 1. The molecule has 3 unspecified atom stereocenters. The number of aromatic nitrogens is 1. The molecule has 3 rings (SSSR count). The molecule has 1 aromatic rings. The minimum Gasteiger partial charge on any atom is -0.352 e. The van der Waals surface area contributed by atoms with Crippen LogP contribution in [0.25, 0.3) is 0 Å². The van der Waals surface area contributed by atoms with Crippen molar-refractivity contribution in [3.05, 3.63) is 28.0 Å². The molecule has 0 spiro atoms. The van der Waals surface area contributed by atoms with Crippen LogP contribution in [0.2, 0.25) is 10.2 Å². The number of pyridine rings is 1. The van der Waals surface area contributed by atoms with E-state index in [4.69, 9.17) is 23.2 Å². The second-order valence-corrected chi connectivity index (χ2v) is 6.41. The molecule has 19 heavy (non-hydrogen) atoms. The quantitative estimate of drug-likeness (QED) is 0.867. The van der Waals surface area contributed by atoms with Crippen LogP contribution in [0, 0.1) is 17.8 Å². The maximum atomic E-state index is 12.0. The molecule has 0 aliphatic heterocycles. The Hall–Kier alpha value is -0.800. The highest BCUT2D eigenvalue weighted by atomic mass is 35.5. The summed E-state index contributed by atoms with van der Waals surface area (Å²) in [4.78, 5) is 15.9. The van der Waals surface area contributed by atoms with Gasteiger partial charge in [0.05, 0.1) is 10.6 Å².